The molecule has 0 radical (unpaired) electrons. The predicted molar refractivity (Wildman–Crippen MR) is 84.1 cm³/mol. The van der Waals surface area contributed by atoms with Crippen molar-refractivity contribution in [3.63, 3.8) is 0 Å². The Morgan fingerprint density at radius 2 is 1.94 bits per heavy atom. The Morgan fingerprint density at radius 1 is 1.22 bits per heavy atom. The van der Waals surface area contributed by atoms with Crippen LogP contribution in [0.5, 0.6) is 0 Å². The Balaban J connectivity index is 2.23. The molecule has 0 atom stereocenters. The van der Waals surface area contributed by atoms with E-state index in [9.17, 15) is 0 Å². The summed E-state index contributed by atoms with van der Waals surface area (Å²) in [6.07, 6.45) is 4.20. The Morgan fingerprint density at radius 3 is 2.56 bits per heavy atom. The molecule has 1 fully saturated rings. The van der Waals surface area contributed by atoms with E-state index in [4.69, 9.17) is 17.0 Å². The molecule has 98 valence electrons. The Kier molecular flexibility index (Phi) is 5.36. The van der Waals surface area contributed by atoms with E-state index in [1.54, 1.807) is 23.5 Å². The number of rotatable bonds is 3. The van der Waals surface area contributed by atoms with Gasteiger partial charge >= 0.3 is 0 Å². The van der Waals surface area contributed by atoms with E-state index in [2.05, 4.69) is 35.6 Å². The first-order valence-corrected chi connectivity index (χ1v) is 8.71. The molecule has 18 heavy (non-hydrogen) atoms. The third-order valence-corrected chi connectivity index (χ3v) is 4.92. The summed E-state index contributed by atoms with van der Waals surface area (Å²) in [5.74, 6) is 0. The maximum absolute atomic E-state index is 5.62. The standard InChI is InChI=1S/C13H17NOS3/c1-17-10-3-4-11(12(9-10)18-2)13(16)14-5-7-15-8-6-14/h3-4,9H,5-8H2,1-2H3. The average molecular weight is 299 g/mol. The molecule has 1 saturated heterocycles. The molecule has 1 aliphatic rings. The third kappa shape index (κ3) is 3.20. The maximum Gasteiger partial charge on any atom is 0.110 e. The van der Waals surface area contributed by atoms with Crippen LogP contribution in [0.2, 0.25) is 0 Å². The Labute approximate surface area is 122 Å². The quantitative estimate of drug-likeness (QED) is 0.626. The van der Waals surface area contributed by atoms with Crippen LogP contribution in [0, 0.1) is 0 Å². The van der Waals surface area contributed by atoms with Crippen LogP contribution in [0.4, 0.5) is 0 Å². The third-order valence-electron chi connectivity index (χ3n) is 2.94. The van der Waals surface area contributed by atoms with Gasteiger partial charge in [0.25, 0.3) is 0 Å². The second kappa shape index (κ2) is 6.80. The molecule has 0 unspecified atom stereocenters. The van der Waals surface area contributed by atoms with E-state index < -0.39 is 0 Å². The minimum Gasteiger partial charge on any atom is -0.378 e. The van der Waals surface area contributed by atoms with Gasteiger partial charge in [0.05, 0.1) is 13.2 Å². The van der Waals surface area contributed by atoms with Crippen molar-refractivity contribution in [2.24, 2.45) is 0 Å². The van der Waals surface area contributed by atoms with Crippen LogP contribution < -0.4 is 0 Å². The van der Waals surface area contributed by atoms with Crippen LogP contribution in [-0.4, -0.2) is 48.7 Å². The van der Waals surface area contributed by atoms with E-state index >= 15 is 0 Å². The van der Waals surface area contributed by atoms with Gasteiger partial charge in [-0.05, 0) is 30.7 Å². The zero-order valence-electron chi connectivity index (χ0n) is 10.6. The maximum atomic E-state index is 5.62. The highest BCUT2D eigenvalue weighted by molar-refractivity contribution is 7.99. The van der Waals surface area contributed by atoms with Gasteiger partial charge in [-0.15, -0.1) is 23.5 Å². The van der Waals surface area contributed by atoms with Gasteiger partial charge in [0.1, 0.15) is 4.99 Å². The van der Waals surface area contributed by atoms with Gasteiger partial charge in [0.2, 0.25) is 0 Å². The summed E-state index contributed by atoms with van der Waals surface area (Å²) >= 11 is 9.15. The molecular weight excluding hydrogens is 282 g/mol. The summed E-state index contributed by atoms with van der Waals surface area (Å²) in [6, 6.07) is 6.51. The highest BCUT2D eigenvalue weighted by Gasteiger charge is 2.17. The summed E-state index contributed by atoms with van der Waals surface area (Å²) in [5, 5.41) is 0. The van der Waals surface area contributed by atoms with E-state index in [0.717, 1.165) is 31.3 Å². The zero-order valence-corrected chi connectivity index (χ0v) is 13.1. The lowest BCUT2D eigenvalue weighted by molar-refractivity contribution is 0.0692. The lowest BCUT2D eigenvalue weighted by atomic mass is 10.2. The average Bonchev–Trinajstić information content (AvgIpc) is 2.46. The summed E-state index contributed by atoms with van der Waals surface area (Å²) in [4.78, 5) is 5.74. The first kappa shape index (κ1) is 14.2. The molecule has 0 spiro atoms. The van der Waals surface area contributed by atoms with Crippen LogP contribution in [0.15, 0.2) is 28.0 Å². The minimum atomic E-state index is 0.775. The molecule has 1 heterocycles. The van der Waals surface area contributed by atoms with Crippen LogP contribution >= 0.6 is 35.7 Å². The molecule has 0 N–H and O–H groups in total. The molecule has 1 aromatic carbocycles. The van der Waals surface area contributed by atoms with Gasteiger partial charge in [-0.25, -0.2) is 0 Å². The number of morpholine rings is 1. The molecule has 0 amide bonds. The lowest BCUT2D eigenvalue weighted by Gasteiger charge is -2.30. The fourth-order valence-electron chi connectivity index (χ4n) is 1.91. The van der Waals surface area contributed by atoms with Crippen molar-refractivity contribution in [3.8, 4) is 0 Å². The number of thiocarbonyl (C=S) groups is 1. The van der Waals surface area contributed by atoms with Crippen LogP contribution in [0.3, 0.4) is 0 Å². The fraction of sp³-hybridized carbons (Fsp3) is 0.462. The largest absolute Gasteiger partial charge is 0.378 e. The first-order chi connectivity index (χ1) is 8.76. The smallest absolute Gasteiger partial charge is 0.110 e. The highest BCUT2D eigenvalue weighted by Crippen LogP contribution is 2.27. The van der Waals surface area contributed by atoms with Crippen molar-refractivity contribution in [1.29, 1.82) is 0 Å². The summed E-state index contributed by atoms with van der Waals surface area (Å²) in [7, 11) is 0. The minimum absolute atomic E-state index is 0.775. The molecule has 0 aromatic heterocycles. The van der Waals surface area contributed by atoms with Crippen molar-refractivity contribution >= 4 is 40.7 Å². The molecule has 0 bridgehead atoms. The number of ether oxygens (including phenoxy) is 1. The van der Waals surface area contributed by atoms with Gasteiger partial charge in [0, 0.05) is 28.4 Å². The summed E-state index contributed by atoms with van der Waals surface area (Å²) in [6.45, 7) is 3.35. The molecule has 1 aliphatic heterocycles. The highest BCUT2D eigenvalue weighted by atomic mass is 32.2. The van der Waals surface area contributed by atoms with Gasteiger partial charge in [-0.1, -0.05) is 12.2 Å². The topological polar surface area (TPSA) is 12.5 Å². The lowest BCUT2D eigenvalue weighted by Crippen LogP contribution is -2.40. The molecular formula is C13H17NOS3. The molecule has 2 nitrogen and oxygen atoms in total. The van der Waals surface area contributed by atoms with E-state index in [0.29, 0.717) is 0 Å². The number of hydrogen-bond acceptors (Lipinski definition) is 4. The van der Waals surface area contributed by atoms with Crippen molar-refractivity contribution in [1.82, 2.24) is 4.90 Å². The van der Waals surface area contributed by atoms with E-state index in [1.807, 2.05) is 0 Å². The van der Waals surface area contributed by atoms with Crippen LogP contribution in [0.25, 0.3) is 0 Å². The number of hydrogen-bond donors (Lipinski definition) is 0. The van der Waals surface area contributed by atoms with Gasteiger partial charge in [-0.2, -0.15) is 0 Å². The van der Waals surface area contributed by atoms with Crippen LogP contribution in [0.1, 0.15) is 5.56 Å². The SMILES string of the molecule is CSc1ccc(C(=S)N2CCOCC2)c(SC)c1. The first-order valence-electron chi connectivity index (χ1n) is 5.85. The number of nitrogens with zero attached hydrogens (tertiary/aromatic N) is 1. The molecule has 0 saturated carbocycles. The van der Waals surface area contributed by atoms with Crippen LogP contribution in [-0.2, 0) is 4.74 Å². The zero-order chi connectivity index (χ0) is 13.0. The summed E-state index contributed by atoms with van der Waals surface area (Å²) < 4.78 is 5.37. The van der Waals surface area contributed by atoms with Gasteiger partial charge < -0.3 is 9.64 Å². The predicted octanol–water partition coefficient (Wildman–Crippen LogP) is 3.14. The van der Waals surface area contributed by atoms with Crippen molar-refractivity contribution in [3.05, 3.63) is 23.8 Å². The van der Waals surface area contributed by atoms with Crippen molar-refractivity contribution < 1.29 is 4.74 Å². The molecule has 2 rings (SSSR count). The van der Waals surface area contributed by atoms with Gasteiger partial charge in [-0.3, -0.25) is 0 Å². The van der Waals surface area contributed by atoms with E-state index in [-0.39, 0.29) is 0 Å². The Hall–Kier alpha value is -0.230. The normalized spacial score (nSPS) is 15.8. The number of thioether (sulfide) groups is 2. The second-order valence-corrected chi connectivity index (χ2v) is 6.09. The van der Waals surface area contributed by atoms with Crippen molar-refractivity contribution in [2.45, 2.75) is 9.79 Å². The second-order valence-electron chi connectivity index (χ2n) is 3.97. The van der Waals surface area contributed by atoms with E-state index in [1.165, 1.54) is 15.4 Å². The Bertz CT molecular complexity index is 430. The molecule has 5 heteroatoms. The summed E-state index contributed by atoms with van der Waals surface area (Å²) in [5.41, 5.74) is 1.18. The molecule has 0 aliphatic carbocycles. The molecule has 1 aromatic rings. The van der Waals surface area contributed by atoms with Crippen molar-refractivity contribution in [2.75, 3.05) is 38.8 Å². The number of benzene rings is 1. The monoisotopic (exact) mass is 299 g/mol. The van der Waals surface area contributed by atoms with Gasteiger partial charge in [0.15, 0.2) is 0 Å². The fourth-order valence-corrected chi connectivity index (χ4v) is 3.48.